The molecule has 116 valence electrons. The van der Waals surface area contributed by atoms with Crippen molar-refractivity contribution in [2.45, 2.75) is 19.3 Å². The van der Waals surface area contributed by atoms with Gasteiger partial charge in [0.15, 0.2) is 0 Å². The Morgan fingerprint density at radius 2 is 1.82 bits per heavy atom. The summed E-state index contributed by atoms with van der Waals surface area (Å²) >= 11 is 5.83. The topological polar surface area (TPSA) is 66.9 Å². The lowest BCUT2D eigenvalue weighted by molar-refractivity contribution is -0.121. The number of nitrogens with one attached hydrogen (secondary N) is 2. The molecule has 2 rings (SSSR count). The second-order valence-electron chi connectivity index (χ2n) is 4.83. The largest absolute Gasteiger partial charge is 0.354 e. The minimum absolute atomic E-state index is 0.0599. The molecule has 1 heterocycles. The molecule has 0 aliphatic rings. The molecule has 5 nitrogen and oxygen atoms in total. The number of aromatic nitrogens is 2. The van der Waals surface area contributed by atoms with Crippen molar-refractivity contribution in [2.24, 2.45) is 0 Å². The van der Waals surface area contributed by atoms with Gasteiger partial charge in [0.05, 0.1) is 0 Å². The molecule has 0 saturated carbocycles. The van der Waals surface area contributed by atoms with Crippen LogP contribution in [0.1, 0.15) is 18.4 Å². The molecule has 0 fully saturated rings. The van der Waals surface area contributed by atoms with Crippen molar-refractivity contribution in [3.05, 3.63) is 53.3 Å². The second kappa shape index (κ2) is 9.00. The summed E-state index contributed by atoms with van der Waals surface area (Å²) in [6.07, 6.45) is 5.56. The quantitative estimate of drug-likeness (QED) is 0.734. The van der Waals surface area contributed by atoms with Gasteiger partial charge in [-0.25, -0.2) is 9.97 Å². The molecule has 2 aromatic rings. The lowest BCUT2D eigenvalue weighted by Crippen LogP contribution is -2.28. The molecule has 6 heteroatoms. The summed E-state index contributed by atoms with van der Waals surface area (Å²) in [6.45, 7) is 1.16. The minimum Gasteiger partial charge on any atom is -0.354 e. The average Bonchev–Trinajstić information content (AvgIpc) is 2.54. The Morgan fingerprint density at radius 1 is 1.09 bits per heavy atom. The summed E-state index contributed by atoms with van der Waals surface area (Å²) in [7, 11) is 0. The molecular weight excluding hydrogens is 300 g/mol. The van der Waals surface area contributed by atoms with Gasteiger partial charge in [-0.15, -0.1) is 0 Å². The maximum absolute atomic E-state index is 11.7. The summed E-state index contributed by atoms with van der Waals surface area (Å²) < 4.78 is 0. The first kappa shape index (κ1) is 16.2. The third kappa shape index (κ3) is 6.10. The number of rotatable bonds is 8. The lowest BCUT2D eigenvalue weighted by atomic mass is 10.1. The number of benzene rings is 1. The molecule has 0 spiro atoms. The summed E-state index contributed by atoms with van der Waals surface area (Å²) in [6, 6.07) is 9.48. The zero-order valence-corrected chi connectivity index (χ0v) is 13.0. The monoisotopic (exact) mass is 318 g/mol. The van der Waals surface area contributed by atoms with Crippen LogP contribution < -0.4 is 10.6 Å². The Balaban J connectivity index is 1.55. The fourth-order valence-electron chi connectivity index (χ4n) is 1.96. The van der Waals surface area contributed by atoms with Gasteiger partial charge in [-0.1, -0.05) is 23.7 Å². The maximum atomic E-state index is 11.7. The standard InChI is InChI=1S/C16H19ClN4O/c17-14-7-5-13(6-8-14)3-1-4-15(22)18-11-12-21-16-19-9-2-10-20-16/h2,5-10H,1,3-4,11-12H2,(H,18,22)(H,19,20,21). The smallest absolute Gasteiger partial charge is 0.222 e. The Labute approximate surface area is 135 Å². The van der Waals surface area contributed by atoms with Crippen molar-refractivity contribution >= 4 is 23.5 Å². The van der Waals surface area contributed by atoms with Gasteiger partial charge in [-0.05, 0) is 36.6 Å². The van der Waals surface area contributed by atoms with Gasteiger partial charge in [0.1, 0.15) is 0 Å². The molecule has 0 unspecified atom stereocenters. The van der Waals surface area contributed by atoms with Crippen LogP contribution in [0.15, 0.2) is 42.7 Å². The molecule has 1 aromatic heterocycles. The number of amides is 1. The number of anilines is 1. The Kier molecular flexibility index (Phi) is 6.64. The SMILES string of the molecule is O=C(CCCc1ccc(Cl)cc1)NCCNc1ncccn1. The van der Waals surface area contributed by atoms with Crippen LogP contribution in [-0.2, 0) is 11.2 Å². The van der Waals surface area contributed by atoms with Crippen LogP contribution in [-0.4, -0.2) is 29.0 Å². The van der Waals surface area contributed by atoms with Gasteiger partial charge in [-0.2, -0.15) is 0 Å². The predicted octanol–water partition coefficient (Wildman–Crippen LogP) is 2.68. The summed E-state index contributed by atoms with van der Waals surface area (Å²) in [5.74, 6) is 0.629. The molecule has 0 saturated heterocycles. The highest BCUT2D eigenvalue weighted by atomic mass is 35.5. The summed E-state index contributed by atoms with van der Waals surface area (Å²) in [5, 5.41) is 6.64. The van der Waals surface area contributed by atoms with Gasteiger partial charge >= 0.3 is 0 Å². The first-order valence-electron chi connectivity index (χ1n) is 7.26. The van der Waals surface area contributed by atoms with Crippen LogP contribution in [0.4, 0.5) is 5.95 Å². The first-order chi connectivity index (χ1) is 10.7. The van der Waals surface area contributed by atoms with E-state index in [0.29, 0.717) is 25.5 Å². The molecule has 1 amide bonds. The van der Waals surface area contributed by atoms with E-state index in [1.807, 2.05) is 24.3 Å². The van der Waals surface area contributed by atoms with Crippen molar-refractivity contribution in [2.75, 3.05) is 18.4 Å². The van der Waals surface area contributed by atoms with E-state index in [1.165, 1.54) is 5.56 Å². The van der Waals surface area contributed by atoms with Gasteiger partial charge in [0, 0.05) is 36.9 Å². The number of carbonyl (C=O) groups excluding carboxylic acids is 1. The van der Waals surface area contributed by atoms with Gasteiger partial charge in [-0.3, -0.25) is 4.79 Å². The minimum atomic E-state index is 0.0599. The van der Waals surface area contributed by atoms with E-state index in [0.717, 1.165) is 17.9 Å². The second-order valence-corrected chi connectivity index (χ2v) is 5.27. The number of halogens is 1. The zero-order valence-electron chi connectivity index (χ0n) is 12.3. The van der Waals surface area contributed by atoms with E-state index in [-0.39, 0.29) is 5.91 Å². The van der Waals surface area contributed by atoms with Gasteiger partial charge < -0.3 is 10.6 Å². The average molecular weight is 319 g/mol. The summed E-state index contributed by atoms with van der Waals surface area (Å²) in [4.78, 5) is 19.8. The Morgan fingerprint density at radius 3 is 2.55 bits per heavy atom. The Bertz CT molecular complexity index is 574. The van der Waals surface area contributed by atoms with E-state index in [9.17, 15) is 4.79 Å². The highest BCUT2D eigenvalue weighted by Crippen LogP contribution is 2.11. The molecule has 1 aromatic carbocycles. The molecule has 0 aliphatic heterocycles. The van der Waals surface area contributed by atoms with Crippen LogP contribution in [0, 0.1) is 0 Å². The van der Waals surface area contributed by atoms with Crippen molar-refractivity contribution in [3.63, 3.8) is 0 Å². The molecule has 2 N–H and O–H groups in total. The molecule has 0 radical (unpaired) electrons. The normalized spacial score (nSPS) is 10.2. The van der Waals surface area contributed by atoms with Crippen molar-refractivity contribution < 1.29 is 4.79 Å². The third-order valence-electron chi connectivity index (χ3n) is 3.08. The number of nitrogens with zero attached hydrogens (tertiary/aromatic N) is 2. The van der Waals surface area contributed by atoms with Crippen LogP contribution in [0.25, 0.3) is 0 Å². The zero-order chi connectivity index (χ0) is 15.6. The molecule has 0 atom stereocenters. The van der Waals surface area contributed by atoms with Gasteiger partial charge in [0.25, 0.3) is 0 Å². The van der Waals surface area contributed by atoms with Crippen LogP contribution in [0.3, 0.4) is 0 Å². The maximum Gasteiger partial charge on any atom is 0.222 e. The third-order valence-corrected chi connectivity index (χ3v) is 3.33. The van der Waals surface area contributed by atoms with E-state index < -0.39 is 0 Å². The number of carbonyl (C=O) groups is 1. The lowest BCUT2D eigenvalue weighted by Gasteiger charge is -2.06. The predicted molar refractivity (Wildman–Crippen MR) is 87.9 cm³/mol. The van der Waals surface area contributed by atoms with Crippen LogP contribution >= 0.6 is 11.6 Å². The van der Waals surface area contributed by atoms with Gasteiger partial charge in [0.2, 0.25) is 11.9 Å². The summed E-state index contributed by atoms with van der Waals surface area (Å²) in [5.41, 5.74) is 1.19. The van der Waals surface area contributed by atoms with Crippen molar-refractivity contribution in [1.82, 2.24) is 15.3 Å². The molecule has 0 aliphatic carbocycles. The Hall–Kier alpha value is -2.14. The van der Waals surface area contributed by atoms with Crippen molar-refractivity contribution in [1.29, 1.82) is 0 Å². The van der Waals surface area contributed by atoms with E-state index in [4.69, 9.17) is 11.6 Å². The van der Waals surface area contributed by atoms with E-state index in [2.05, 4.69) is 20.6 Å². The fourth-order valence-corrected chi connectivity index (χ4v) is 2.09. The van der Waals surface area contributed by atoms with E-state index >= 15 is 0 Å². The highest BCUT2D eigenvalue weighted by Gasteiger charge is 2.01. The first-order valence-corrected chi connectivity index (χ1v) is 7.64. The molecule has 0 bridgehead atoms. The molecule has 22 heavy (non-hydrogen) atoms. The molecular formula is C16H19ClN4O. The van der Waals surface area contributed by atoms with Crippen molar-refractivity contribution in [3.8, 4) is 0 Å². The van der Waals surface area contributed by atoms with Crippen LogP contribution in [0.2, 0.25) is 5.02 Å². The number of aryl methyl sites for hydroxylation is 1. The van der Waals surface area contributed by atoms with Crippen LogP contribution in [0.5, 0.6) is 0 Å². The number of hydrogen-bond acceptors (Lipinski definition) is 4. The highest BCUT2D eigenvalue weighted by molar-refractivity contribution is 6.30. The van der Waals surface area contributed by atoms with E-state index in [1.54, 1.807) is 18.5 Å². The number of hydrogen-bond donors (Lipinski definition) is 2. The fraction of sp³-hybridized carbons (Fsp3) is 0.312.